The highest BCUT2D eigenvalue weighted by atomic mass is 32.2. The first-order chi connectivity index (χ1) is 13.0. The monoisotopic (exact) mass is 414 g/mol. The van der Waals surface area contributed by atoms with Crippen molar-refractivity contribution >= 4 is 23.6 Å². The number of aromatic nitrogens is 2. The molecule has 0 spiro atoms. The van der Waals surface area contributed by atoms with Crippen LogP contribution >= 0.6 is 11.8 Å². The van der Waals surface area contributed by atoms with E-state index in [0.29, 0.717) is 17.0 Å². The first-order valence-corrected chi connectivity index (χ1v) is 9.53. The van der Waals surface area contributed by atoms with Crippen LogP contribution in [0.2, 0.25) is 0 Å². The van der Waals surface area contributed by atoms with Gasteiger partial charge in [-0.3, -0.25) is 9.59 Å². The Morgan fingerprint density at radius 1 is 1.29 bits per heavy atom. The minimum Gasteiger partial charge on any atom is -0.456 e. The van der Waals surface area contributed by atoms with E-state index in [1.807, 2.05) is 6.07 Å². The average molecular weight is 414 g/mol. The van der Waals surface area contributed by atoms with Gasteiger partial charge in [0.15, 0.2) is 11.8 Å². The molecule has 10 heteroatoms. The van der Waals surface area contributed by atoms with Crippen LogP contribution in [0.3, 0.4) is 0 Å². The number of ether oxygens (including phenoxy) is 1. The molecule has 1 amide bonds. The van der Waals surface area contributed by atoms with Gasteiger partial charge in [0.2, 0.25) is 0 Å². The molecule has 0 aromatic carbocycles. The summed E-state index contributed by atoms with van der Waals surface area (Å²) >= 11 is 0.265. The zero-order chi connectivity index (χ0) is 21.5. The zero-order valence-corrected chi connectivity index (χ0v) is 17.3. The molecule has 1 rings (SSSR count). The zero-order valence-electron chi connectivity index (χ0n) is 16.5. The van der Waals surface area contributed by atoms with Gasteiger partial charge in [-0.25, -0.2) is 9.97 Å². The summed E-state index contributed by atoms with van der Waals surface area (Å²) in [6.07, 6.45) is 0.249. The van der Waals surface area contributed by atoms with E-state index >= 15 is 0 Å². The number of carbonyl (C=O) groups is 2. The number of nitriles is 1. The number of halogens is 2. The van der Waals surface area contributed by atoms with E-state index in [9.17, 15) is 23.6 Å². The van der Waals surface area contributed by atoms with E-state index in [1.54, 1.807) is 34.6 Å². The van der Waals surface area contributed by atoms with Crippen LogP contribution in [-0.2, 0) is 20.7 Å². The molecule has 0 radical (unpaired) electrons. The van der Waals surface area contributed by atoms with Crippen molar-refractivity contribution in [1.29, 1.82) is 5.26 Å². The molecule has 0 fully saturated rings. The lowest BCUT2D eigenvalue weighted by molar-refractivity contribution is -0.149. The van der Waals surface area contributed by atoms with Crippen molar-refractivity contribution in [2.45, 2.75) is 63.9 Å². The summed E-state index contributed by atoms with van der Waals surface area (Å²) in [5, 5.41) is 11.7. The summed E-state index contributed by atoms with van der Waals surface area (Å²) in [6, 6.07) is 2.04. The standard InChI is InChI=1S/C18H24F2N4O3S/c1-10(2)18(5,9-21)24-14(25)8-27-15(26)7-6-13-11(3)22-17(23-12(13)4)28-16(19)20/h10,16H,6-8H2,1-5H3,(H,24,25)/t18-/m1/s1. The Hall–Kier alpha value is -2.28. The van der Waals surface area contributed by atoms with Crippen LogP contribution in [0.5, 0.6) is 0 Å². The molecule has 0 saturated carbocycles. The Kier molecular flexibility index (Phi) is 8.75. The minimum absolute atomic E-state index is 0.0145. The molecule has 1 aromatic heterocycles. The second kappa shape index (κ2) is 10.3. The van der Waals surface area contributed by atoms with Gasteiger partial charge in [-0.2, -0.15) is 14.0 Å². The minimum atomic E-state index is -2.61. The van der Waals surface area contributed by atoms with Crippen molar-refractivity contribution in [3.63, 3.8) is 0 Å². The number of hydrogen-bond acceptors (Lipinski definition) is 7. The summed E-state index contributed by atoms with van der Waals surface area (Å²) in [6.45, 7) is 8.03. The number of nitrogens with zero attached hydrogens (tertiary/aromatic N) is 3. The molecule has 0 aliphatic carbocycles. The van der Waals surface area contributed by atoms with Crippen molar-refractivity contribution in [2.24, 2.45) is 5.92 Å². The molecular formula is C18H24F2N4O3S. The number of rotatable bonds is 9. The molecule has 28 heavy (non-hydrogen) atoms. The summed E-state index contributed by atoms with van der Waals surface area (Å²) in [5.41, 5.74) is 0.662. The maximum atomic E-state index is 12.4. The van der Waals surface area contributed by atoms with Crippen molar-refractivity contribution in [3.05, 3.63) is 17.0 Å². The molecule has 0 aliphatic heterocycles. The number of amides is 1. The first kappa shape index (κ1) is 23.8. The second-order valence-corrected chi connectivity index (χ2v) is 7.67. The Morgan fingerprint density at radius 3 is 2.32 bits per heavy atom. The number of aryl methyl sites for hydroxylation is 2. The smallest absolute Gasteiger partial charge is 0.306 e. The topological polar surface area (TPSA) is 105 Å². The highest BCUT2D eigenvalue weighted by molar-refractivity contribution is 7.99. The van der Waals surface area contributed by atoms with Gasteiger partial charge in [0.1, 0.15) is 5.54 Å². The van der Waals surface area contributed by atoms with Gasteiger partial charge in [0, 0.05) is 17.8 Å². The third kappa shape index (κ3) is 7.03. The van der Waals surface area contributed by atoms with E-state index in [0.717, 1.165) is 0 Å². The van der Waals surface area contributed by atoms with Crippen LogP contribution in [0.15, 0.2) is 5.16 Å². The van der Waals surface area contributed by atoms with Gasteiger partial charge in [-0.1, -0.05) is 13.8 Å². The molecule has 1 N–H and O–H groups in total. The van der Waals surface area contributed by atoms with Gasteiger partial charge in [0.05, 0.1) is 6.07 Å². The van der Waals surface area contributed by atoms with Crippen LogP contribution in [0.4, 0.5) is 8.78 Å². The maximum Gasteiger partial charge on any atom is 0.306 e. The molecule has 0 unspecified atom stereocenters. The van der Waals surface area contributed by atoms with E-state index in [4.69, 9.17) is 4.74 Å². The lowest BCUT2D eigenvalue weighted by Gasteiger charge is -2.27. The van der Waals surface area contributed by atoms with Gasteiger partial charge < -0.3 is 10.1 Å². The van der Waals surface area contributed by atoms with E-state index in [1.165, 1.54) is 0 Å². The van der Waals surface area contributed by atoms with Crippen LogP contribution in [0, 0.1) is 31.1 Å². The molecule has 1 atom stereocenters. The van der Waals surface area contributed by atoms with Gasteiger partial charge in [0.25, 0.3) is 11.7 Å². The molecule has 1 heterocycles. The van der Waals surface area contributed by atoms with Crippen LogP contribution in [0.1, 0.15) is 44.1 Å². The number of alkyl halides is 2. The Labute approximate surface area is 167 Å². The lowest BCUT2D eigenvalue weighted by Crippen LogP contribution is -2.50. The highest BCUT2D eigenvalue weighted by Gasteiger charge is 2.30. The van der Waals surface area contributed by atoms with Crippen LogP contribution in [-0.4, -0.2) is 39.7 Å². The largest absolute Gasteiger partial charge is 0.456 e. The molecule has 154 valence electrons. The second-order valence-electron chi connectivity index (χ2n) is 6.71. The molecule has 0 aliphatic rings. The number of esters is 1. The fourth-order valence-corrected chi connectivity index (χ4v) is 2.81. The van der Waals surface area contributed by atoms with E-state index < -0.39 is 29.8 Å². The summed E-state index contributed by atoms with van der Waals surface area (Å²) in [4.78, 5) is 31.9. The van der Waals surface area contributed by atoms with E-state index in [2.05, 4.69) is 15.3 Å². The Bertz CT molecular complexity index is 745. The predicted molar refractivity (Wildman–Crippen MR) is 99.6 cm³/mol. The van der Waals surface area contributed by atoms with Gasteiger partial charge >= 0.3 is 5.97 Å². The molecule has 7 nitrogen and oxygen atoms in total. The average Bonchev–Trinajstić information content (AvgIpc) is 2.58. The fraction of sp³-hybridized carbons (Fsp3) is 0.611. The number of thioether (sulfide) groups is 1. The quantitative estimate of drug-likeness (QED) is 0.376. The van der Waals surface area contributed by atoms with Crippen molar-refractivity contribution in [2.75, 3.05) is 6.61 Å². The highest BCUT2D eigenvalue weighted by Crippen LogP contribution is 2.24. The van der Waals surface area contributed by atoms with Gasteiger partial charge in [-0.05, 0) is 50.4 Å². The Morgan fingerprint density at radius 2 is 1.86 bits per heavy atom. The summed E-state index contributed by atoms with van der Waals surface area (Å²) < 4.78 is 29.8. The van der Waals surface area contributed by atoms with Gasteiger partial charge in [-0.15, -0.1) is 0 Å². The summed E-state index contributed by atoms with van der Waals surface area (Å²) in [7, 11) is 0. The number of nitrogens with one attached hydrogen (secondary N) is 1. The number of hydrogen-bond donors (Lipinski definition) is 1. The molecular weight excluding hydrogens is 390 g/mol. The Balaban J connectivity index is 2.57. The summed E-state index contributed by atoms with van der Waals surface area (Å²) in [5.74, 6) is -3.88. The SMILES string of the molecule is Cc1nc(SC(F)F)nc(C)c1CCC(=O)OCC(=O)N[C@](C)(C#N)C(C)C. The predicted octanol–water partition coefficient (Wildman–Crippen LogP) is 2.94. The maximum absolute atomic E-state index is 12.4. The van der Waals surface area contributed by atoms with Crippen molar-refractivity contribution in [1.82, 2.24) is 15.3 Å². The van der Waals surface area contributed by atoms with Crippen LogP contribution < -0.4 is 5.32 Å². The molecule has 0 bridgehead atoms. The van der Waals surface area contributed by atoms with Crippen molar-refractivity contribution in [3.8, 4) is 6.07 Å². The third-order valence-electron chi connectivity index (χ3n) is 4.32. The molecule has 1 aromatic rings. The van der Waals surface area contributed by atoms with Crippen molar-refractivity contribution < 1.29 is 23.1 Å². The first-order valence-electron chi connectivity index (χ1n) is 8.65. The van der Waals surface area contributed by atoms with E-state index in [-0.39, 0.29) is 35.7 Å². The molecule has 0 saturated heterocycles. The van der Waals surface area contributed by atoms with Crippen LogP contribution in [0.25, 0.3) is 0 Å². The fourth-order valence-electron chi connectivity index (χ4n) is 2.28. The number of carbonyl (C=O) groups excluding carboxylic acids is 2. The normalized spacial score (nSPS) is 13.1. The third-order valence-corrected chi connectivity index (χ3v) is 4.90. The lowest BCUT2D eigenvalue weighted by atomic mass is 9.90.